The van der Waals surface area contributed by atoms with Crippen LogP contribution in [0.25, 0.3) is 0 Å². The van der Waals surface area contributed by atoms with E-state index >= 15 is 0 Å². The summed E-state index contributed by atoms with van der Waals surface area (Å²) < 4.78 is 1.05. The minimum absolute atomic E-state index is 0.00992. The minimum Gasteiger partial charge on any atom is -0.481 e. The highest BCUT2D eigenvalue weighted by atomic mass is 79.9. The standard InChI is InChI=1S/C17H23BrN2O3/c1-20(11-8-15(21)22)16(23)19-12-17(9-2-3-10-17)13-4-6-14(18)7-5-13/h4-7H,2-3,8-12H2,1H3,(H,19,23)(H,21,22). The van der Waals surface area contributed by atoms with E-state index in [1.165, 1.54) is 23.3 Å². The molecule has 2 N–H and O–H groups in total. The predicted molar refractivity (Wildman–Crippen MR) is 92.6 cm³/mol. The average Bonchev–Trinajstić information content (AvgIpc) is 3.01. The molecular formula is C17H23BrN2O3. The summed E-state index contributed by atoms with van der Waals surface area (Å²) in [7, 11) is 1.62. The average molecular weight is 383 g/mol. The van der Waals surface area contributed by atoms with Crippen LogP contribution in [0.4, 0.5) is 4.79 Å². The molecule has 0 bridgehead atoms. The highest BCUT2D eigenvalue weighted by Gasteiger charge is 2.36. The molecule has 0 radical (unpaired) electrons. The Labute approximate surface area is 145 Å². The van der Waals surface area contributed by atoms with Gasteiger partial charge in [-0.15, -0.1) is 0 Å². The van der Waals surface area contributed by atoms with Crippen LogP contribution in [0.15, 0.2) is 28.7 Å². The quantitative estimate of drug-likeness (QED) is 0.791. The molecule has 2 rings (SSSR count). The highest BCUT2D eigenvalue weighted by molar-refractivity contribution is 9.10. The lowest BCUT2D eigenvalue weighted by Crippen LogP contribution is -2.44. The van der Waals surface area contributed by atoms with E-state index in [0.29, 0.717) is 6.54 Å². The Morgan fingerprint density at radius 2 is 1.87 bits per heavy atom. The Kier molecular flexibility index (Phi) is 6.04. The van der Waals surface area contributed by atoms with Crippen LogP contribution in [-0.2, 0) is 10.2 Å². The van der Waals surface area contributed by atoms with Gasteiger partial charge in [-0.1, -0.05) is 40.9 Å². The van der Waals surface area contributed by atoms with Crippen LogP contribution in [0, 0.1) is 0 Å². The molecule has 0 atom stereocenters. The summed E-state index contributed by atoms with van der Waals surface area (Å²) in [6, 6.07) is 8.10. The molecule has 1 fully saturated rings. The van der Waals surface area contributed by atoms with Crippen LogP contribution in [-0.4, -0.2) is 42.1 Å². The number of urea groups is 1. The fraction of sp³-hybridized carbons (Fsp3) is 0.529. The number of aliphatic carboxylic acids is 1. The summed E-state index contributed by atoms with van der Waals surface area (Å²) in [5.74, 6) is -0.897. The first-order chi connectivity index (χ1) is 10.9. The molecule has 1 saturated carbocycles. The van der Waals surface area contributed by atoms with Gasteiger partial charge in [0.1, 0.15) is 0 Å². The summed E-state index contributed by atoms with van der Waals surface area (Å²) in [5.41, 5.74) is 1.25. The van der Waals surface area contributed by atoms with Crippen molar-refractivity contribution in [1.82, 2.24) is 10.2 Å². The third kappa shape index (κ3) is 4.70. The number of hydrogen-bond donors (Lipinski definition) is 2. The van der Waals surface area contributed by atoms with Crippen molar-refractivity contribution in [3.8, 4) is 0 Å². The van der Waals surface area contributed by atoms with Crippen LogP contribution >= 0.6 is 15.9 Å². The van der Waals surface area contributed by atoms with Crippen molar-refractivity contribution in [1.29, 1.82) is 0 Å². The summed E-state index contributed by atoms with van der Waals surface area (Å²) >= 11 is 3.46. The molecule has 0 aliphatic heterocycles. The van der Waals surface area contributed by atoms with Crippen molar-refractivity contribution in [3.63, 3.8) is 0 Å². The van der Waals surface area contributed by atoms with Crippen LogP contribution in [0.2, 0.25) is 0 Å². The maximum absolute atomic E-state index is 12.2. The number of amides is 2. The van der Waals surface area contributed by atoms with Gasteiger partial charge < -0.3 is 15.3 Å². The number of hydrogen-bond acceptors (Lipinski definition) is 2. The van der Waals surface area contributed by atoms with Crippen molar-refractivity contribution in [2.45, 2.75) is 37.5 Å². The molecule has 0 aromatic heterocycles. The minimum atomic E-state index is -0.897. The van der Waals surface area contributed by atoms with Gasteiger partial charge in [0.05, 0.1) is 6.42 Å². The largest absolute Gasteiger partial charge is 0.481 e. The lowest BCUT2D eigenvalue weighted by Gasteiger charge is -2.31. The van der Waals surface area contributed by atoms with E-state index in [0.717, 1.165) is 17.3 Å². The Bertz CT molecular complexity index is 553. The molecule has 1 aromatic carbocycles. The maximum atomic E-state index is 12.2. The normalized spacial score (nSPS) is 16.1. The molecule has 23 heavy (non-hydrogen) atoms. The van der Waals surface area contributed by atoms with Gasteiger partial charge in [-0.25, -0.2) is 4.79 Å². The van der Waals surface area contributed by atoms with Crippen molar-refractivity contribution >= 4 is 27.9 Å². The molecule has 1 aliphatic rings. The number of rotatable bonds is 6. The van der Waals surface area contributed by atoms with Gasteiger partial charge in [-0.05, 0) is 30.5 Å². The van der Waals surface area contributed by atoms with Crippen molar-refractivity contribution < 1.29 is 14.7 Å². The van der Waals surface area contributed by atoms with E-state index in [1.54, 1.807) is 7.05 Å². The van der Waals surface area contributed by atoms with E-state index < -0.39 is 5.97 Å². The van der Waals surface area contributed by atoms with Crippen LogP contribution < -0.4 is 5.32 Å². The van der Waals surface area contributed by atoms with Crippen molar-refractivity contribution in [3.05, 3.63) is 34.3 Å². The van der Waals surface area contributed by atoms with Gasteiger partial charge in [-0.3, -0.25) is 4.79 Å². The second-order valence-corrected chi connectivity index (χ2v) is 7.13. The number of nitrogens with zero attached hydrogens (tertiary/aromatic N) is 1. The third-order valence-electron chi connectivity index (χ3n) is 4.60. The molecule has 126 valence electrons. The molecule has 1 aromatic rings. The maximum Gasteiger partial charge on any atom is 0.317 e. The number of carboxylic acid groups (broad SMARTS) is 1. The van der Waals surface area contributed by atoms with Crippen molar-refractivity contribution in [2.75, 3.05) is 20.1 Å². The lowest BCUT2D eigenvalue weighted by molar-refractivity contribution is -0.137. The molecule has 0 unspecified atom stereocenters. The number of carbonyl (C=O) groups excluding carboxylic acids is 1. The van der Waals surface area contributed by atoms with E-state index in [4.69, 9.17) is 5.11 Å². The fourth-order valence-corrected chi connectivity index (χ4v) is 3.43. The molecule has 6 heteroatoms. The van der Waals surface area contributed by atoms with Gasteiger partial charge in [-0.2, -0.15) is 0 Å². The zero-order valence-electron chi connectivity index (χ0n) is 13.3. The second kappa shape index (κ2) is 7.81. The molecule has 0 spiro atoms. The van der Waals surface area contributed by atoms with E-state index in [9.17, 15) is 9.59 Å². The summed E-state index contributed by atoms with van der Waals surface area (Å²) in [5, 5.41) is 11.7. The van der Waals surface area contributed by atoms with Crippen LogP contribution in [0.5, 0.6) is 0 Å². The number of carboxylic acids is 1. The number of benzene rings is 1. The van der Waals surface area contributed by atoms with E-state index in [-0.39, 0.29) is 24.4 Å². The van der Waals surface area contributed by atoms with Gasteiger partial charge in [0.25, 0.3) is 0 Å². The van der Waals surface area contributed by atoms with Gasteiger partial charge in [0.15, 0.2) is 0 Å². The Morgan fingerprint density at radius 3 is 2.43 bits per heavy atom. The second-order valence-electron chi connectivity index (χ2n) is 6.22. The molecule has 1 aliphatic carbocycles. The Hall–Kier alpha value is -1.56. The Morgan fingerprint density at radius 1 is 1.26 bits per heavy atom. The highest BCUT2D eigenvalue weighted by Crippen LogP contribution is 2.40. The molecule has 0 heterocycles. The number of carbonyl (C=O) groups is 2. The molecule has 5 nitrogen and oxygen atoms in total. The summed E-state index contributed by atoms with van der Waals surface area (Å²) in [6.07, 6.45) is 4.42. The Balaban J connectivity index is 1.98. The summed E-state index contributed by atoms with van der Waals surface area (Å²) in [4.78, 5) is 24.2. The fourth-order valence-electron chi connectivity index (χ4n) is 3.17. The SMILES string of the molecule is CN(CCC(=O)O)C(=O)NCC1(c2ccc(Br)cc2)CCCC1. The molecule has 0 saturated heterocycles. The smallest absolute Gasteiger partial charge is 0.317 e. The van der Waals surface area contributed by atoms with Gasteiger partial charge in [0, 0.05) is 30.0 Å². The first-order valence-electron chi connectivity index (χ1n) is 7.90. The van der Waals surface area contributed by atoms with E-state index in [1.807, 2.05) is 12.1 Å². The first kappa shape index (κ1) is 17.8. The first-order valence-corrected chi connectivity index (χ1v) is 8.69. The zero-order chi connectivity index (χ0) is 16.9. The van der Waals surface area contributed by atoms with Crippen molar-refractivity contribution in [2.24, 2.45) is 0 Å². The number of halogens is 1. The van der Waals surface area contributed by atoms with E-state index in [2.05, 4.69) is 33.4 Å². The van der Waals surface area contributed by atoms with Crippen LogP contribution in [0.1, 0.15) is 37.7 Å². The third-order valence-corrected chi connectivity index (χ3v) is 5.13. The monoisotopic (exact) mass is 382 g/mol. The molecular weight excluding hydrogens is 360 g/mol. The van der Waals surface area contributed by atoms with Gasteiger partial charge >= 0.3 is 12.0 Å². The zero-order valence-corrected chi connectivity index (χ0v) is 14.9. The molecule has 2 amide bonds. The number of nitrogens with one attached hydrogen (secondary N) is 1. The topological polar surface area (TPSA) is 69.6 Å². The predicted octanol–water partition coefficient (Wildman–Crippen LogP) is 3.38. The van der Waals surface area contributed by atoms with Crippen LogP contribution in [0.3, 0.4) is 0 Å². The van der Waals surface area contributed by atoms with Gasteiger partial charge in [0.2, 0.25) is 0 Å². The summed E-state index contributed by atoms with van der Waals surface area (Å²) in [6.45, 7) is 0.803. The lowest BCUT2D eigenvalue weighted by atomic mass is 9.79.